The first-order chi connectivity index (χ1) is 12.4. The zero-order chi connectivity index (χ0) is 18.7. The first kappa shape index (κ1) is 19.0. The maximum absolute atomic E-state index is 12.7. The summed E-state index contributed by atoms with van der Waals surface area (Å²) >= 11 is 12.1. The molecule has 1 amide bonds. The smallest absolute Gasteiger partial charge is 0.282 e. The van der Waals surface area contributed by atoms with Gasteiger partial charge in [0.2, 0.25) is 0 Å². The molecule has 6 heteroatoms. The average Bonchev–Trinajstić information content (AvgIpc) is 2.64. The van der Waals surface area contributed by atoms with Crippen molar-refractivity contribution >= 4 is 40.5 Å². The highest BCUT2D eigenvalue weighted by atomic mass is 35.5. The summed E-state index contributed by atoms with van der Waals surface area (Å²) in [6, 6.07) is 13.4. The van der Waals surface area contributed by atoms with Crippen LogP contribution < -0.4 is 15.1 Å². The van der Waals surface area contributed by atoms with Gasteiger partial charge in [0.15, 0.2) is 6.04 Å². The Morgan fingerprint density at radius 2 is 1.81 bits per heavy atom. The quantitative estimate of drug-likeness (QED) is 0.838. The molecular formula is C20H24Cl2N3O+. The number of anilines is 2. The van der Waals surface area contributed by atoms with Gasteiger partial charge in [-0.25, -0.2) is 0 Å². The van der Waals surface area contributed by atoms with Crippen LogP contribution in [0.25, 0.3) is 0 Å². The zero-order valence-corrected chi connectivity index (χ0v) is 16.6. The third-order valence-electron chi connectivity index (χ3n) is 5.04. The van der Waals surface area contributed by atoms with Crippen LogP contribution in [0.4, 0.5) is 11.4 Å². The first-order valence-corrected chi connectivity index (χ1v) is 9.62. The minimum atomic E-state index is -0.116. The predicted molar refractivity (Wildman–Crippen MR) is 109 cm³/mol. The van der Waals surface area contributed by atoms with Gasteiger partial charge in [-0.3, -0.25) is 4.79 Å². The second-order valence-corrected chi connectivity index (χ2v) is 7.67. The highest BCUT2D eigenvalue weighted by Crippen LogP contribution is 2.21. The fourth-order valence-corrected chi connectivity index (χ4v) is 3.67. The summed E-state index contributed by atoms with van der Waals surface area (Å²) in [6.07, 6.45) is 0. The van der Waals surface area contributed by atoms with Crippen molar-refractivity contribution in [2.45, 2.75) is 19.9 Å². The Labute approximate surface area is 164 Å². The summed E-state index contributed by atoms with van der Waals surface area (Å²) in [5.74, 6) is 0.0292. The molecule has 2 N–H and O–H groups in total. The van der Waals surface area contributed by atoms with E-state index in [2.05, 4.69) is 16.3 Å². The lowest BCUT2D eigenvalue weighted by Gasteiger charge is -2.36. The summed E-state index contributed by atoms with van der Waals surface area (Å²) in [4.78, 5) is 16.3. The predicted octanol–water partition coefficient (Wildman–Crippen LogP) is 3.03. The highest BCUT2D eigenvalue weighted by molar-refractivity contribution is 6.31. The highest BCUT2D eigenvalue weighted by Gasteiger charge is 2.29. The number of piperazine rings is 1. The molecule has 0 saturated carbocycles. The Kier molecular flexibility index (Phi) is 6.07. The van der Waals surface area contributed by atoms with E-state index in [4.69, 9.17) is 23.2 Å². The Hall–Kier alpha value is -1.75. The van der Waals surface area contributed by atoms with E-state index in [1.54, 1.807) is 6.07 Å². The maximum Gasteiger partial charge on any atom is 0.282 e. The number of benzene rings is 2. The van der Waals surface area contributed by atoms with E-state index in [1.165, 1.54) is 4.90 Å². The Morgan fingerprint density at radius 1 is 1.12 bits per heavy atom. The molecule has 1 aliphatic heterocycles. The first-order valence-electron chi connectivity index (χ1n) is 8.86. The summed E-state index contributed by atoms with van der Waals surface area (Å²) in [5.41, 5.74) is 2.94. The van der Waals surface area contributed by atoms with Gasteiger partial charge in [0.25, 0.3) is 5.91 Å². The number of hydrogen-bond donors (Lipinski definition) is 2. The van der Waals surface area contributed by atoms with Gasteiger partial charge in [0.1, 0.15) is 0 Å². The molecule has 1 saturated heterocycles. The van der Waals surface area contributed by atoms with Crippen molar-refractivity contribution in [1.29, 1.82) is 0 Å². The Balaban J connectivity index is 1.58. The Bertz CT molecular complexity index is 788. The molecule has 0 radical (unpaired) electrons. The second-order valence-electron chi connectivity index (χ2n) is 6.80. The van der Waals surface area contributed by atoms with Crippen LogP contribution in [0, 0.1) is 6.92 Å². The van der Waals surface area contributed by atoms with Gasteiger partial charge in [-0.1, -0.05) is 35.3 Å². The number of aryl methyl sites for hydroxylation is 1. The number of rotatable bonds is 4. The van der Waals surface area contributed by atoms with Crippen LogP contribution >= 0.6 is 23.2 Å². The van der Waals surface area contributed by atoms with E-state index >= 15 is 0 Å². The molecule has 0 aliphatic carbocycles. The van der Waals surface area contributed by atoms with E-state index < -0.39 is 0 Å². The van der Waals surface area contributed by atoms with Gasteiger partial charge in [-0.2, -0.15) is 0 Å². The number of nitrogens with zero attached hydrogens (tertiary/aromatic N) is 1. The van der Waals surface area contributed by atoms with E-state index in [1.807, 2.05) is 44.2 Å². The Morgan fingerprint density at radius 3 is 2.50 bits per heavy atom. The third-order valence-corrected chi connectivity index (χ3v) is 5.51. The molecule has 1 fully saturated rings. The molecular weight excluding hydrogens is 369 g/mol. The van der Waals surface area contributed by atoms with Crippen molar-refractivity contribution in [3.05, 3.63) is 58.1 Å². The summed E-state index contributed by atoms with van der Waals surface area (Å²) < 4.78 is 0. The van der Waals surface area contributed by atoms with Crippen LogP contribution in [0.1, 0.15) is 12.5 Å². The summed E-state index contributed by atoms with van der Waals surface area (Å²) in [6.45, 7) is 7.59. The molecule has 1 aliphatic rings. The van der Waals surface area contributed by atoms with Gasteiger partial charge in [-0.05, 0) is 49.7 Å². The molecule has 4 nitrogen and oxygen atoms in total. The summed E-state index contributed by atoms with van der Waals surface area (Å²) in [7, 11) is 0. The molecule has 3 rings (SSSR count). The van der Waals surface area contributed by atoms with Crippen LogP contribution in [0.15, 0.2) is 42.5 Å². The molecule has 1 atom stereocenters. The average molecular weight is 393 g/mol. The van der Waals surface area contributed by atoms with Crippen LogP contribution in [0.2, 0.25) is 10.0 Å². The van der Waals surface area contributed by atoms with Crippen molar-refractivity contribution < 1.29 is 9.69 Å². The lowest BCUT2D eigenvalue weighted by atomic mass is 10.1. The monoisotopic (exact) mass is 392 g/mol. The van der Waals surface area contributed by atoms with Crippen LogP contribution in [0.5, 0.6) is 0 Å². The molecule has 2 aromatic rings. The number of nitrogens with one attached hydrogen (secondary N) is 2. The SMILES string of the molecule is Cc1ccc(Cl)cc1NC(=O)[C@H](C)[NH+]1CCN(c2cccc(Cl)c2)CC1. The van der Waals surface area contributed by atoms with Gasteiger partial charge in [-0.15, -0.1) is 0 Å². The standard InChI is InChI=1S/C20H23Cl2N3O/c1-14-6-7-17(22)13-19(14)23-20(26)15(2)24-8-10-25(11-9-24)18-5-3-4-16(21)12-18/h3-7,12-13,15H,8-11H2,1-2H3,(H,23,26)/p+1/t15-/m0/s1. The lowest BCUT2D eigenvalue weighted by Crippen LogP contribution is -3.19. The van der Waals surface area contributed by atoms with Crippen molar-refractivity contribution in [2.24, 2.45) is 0 Å². The summed E-state index contributed by atoms with van der Waals surface area (Å²) in [5, 5.41) is 4.40. The molecule has 1 heterocycles. The van der Waals surface area contributed by atoms with Crippen LogP contribution in [0.3, 0.4) is 0 Å². The van der Waals surface area contributed by atoms with Crippen molar-refractivity contribution in [2.75, 3.05) is 36.4 Å². The van der Waals surface area contributed by atoms with E-state index in [9.17, 15) is 4.79 Å². The lowest BCUT2D eigenvalue weighted by molar-refractivity contribution is -0.914. The molecule has 138 valence electrons. The maximum atomic E-state index is 12.7. The molecule has 0 aromatic heterocycles. The van der Waals surface area contributed by atoms with Gasteiger partial charge in [0.05, 0.1) is 26.2 Å². The molecule has 26 heavy (non-hydrogen) atoms. The topological polar surface area (TPSA) is 36.8 Å². The molecule has 0 unspecified atom stereocenters. The number of carbonyl (C=O) groups excluding carboxylic acids is 1. The van der Waals surface area contributed by atoms with Crippen molar-refractivity contribution in [3.8, 4) is 0 Å². The van der Waals surface area contributed by atoms with E-state index in [0.717, 1.165) is 48.1 Å². The van der Waals surface area contributed by atoms with Gasteiger partial charge >= 0.3 is 0 Å². The van der Waals surface area contributed by atoms with Crippen LogP contribution in [-0.2, 0) is 4.79 Å². The number of carbonyl (C=O) groups is 1. The number of amides is 1. The second kappa shape index (κ2) is 8.30. The fraction of sp³-hybridized carbons (Fsp3) is 0.350. The van der Waals surface area contributed by atoms with E-state index in [0.29, 0.717) is 5.02 Å². The number of quaternary nitrogens is 1. The minimum Gasteiger partial charge on any atom is -0.360 e. The zero-order valence-electron chi connectivity index (χ0n) is 15.1. The molecule has 0 bridgehead atoms. The molecule has 2 aromatic carbocycles. The fourth-order valence-electron chi connectivity index (χ4n) is 3.31. The normalized spacial score (nSPS) is 16.4. The minimum absolute atomic E-state index is 0.0292. The van der Waals surface area contributed by atoms with Gasteiger partial charge < -0.3 is 15.1 Å². The largest absolute Gasteiger partial charge is 0.360 e. The number of halogens is 2. The van der Waals surface area contributed by atoms with E-state index in [-0.39, 0.29) is 11.9 Å². The van der Waals surface area contributed by atoms with Crippen LogP contribution in [-0.4, -0.2) is 38.1 Å². The van der Waals surface area contributed by atoms with Crippen molar-refractivity contribution in [1.82, 2.24) is 0 Å². The number of hydrogen-bond acceptors (Lipinski definition) is 2. The van der Waals surface area contributed by atoms with Crippen molar-refractivity contribution in [3.63, 3.8) is 0 Å². The third kappa shape index (κ3) is 4.50. The molecule has 0 spiro atoms. The van der Waals surface area contributed by atoms with Gasteiger partial charge in [0, 0.05) is 21.4 Å².